The van der Waals surface area contributed by atoms with Crippen LogP contribution in [0.2, 0.25) is 0 Å². The quantitative estimate of drug-likeness (QED) is 0.560. The number of halogens is 3. The molecule has 0 aliphatic carbocycles. The summed E-state index contributed by atoms with van der Waals surface area (Å²) in [7, 11) is -1.57. The molecule has 0 aromatic heterocycles. The molecule has 0 bridgehead atoms. The Hall–Kier alpha value is 0.840. The van der Waals surface area contributed by atoms with E-state index in [1.807, 2.05) is 0 Å². The van der Waals surface area contributed by atoms with E-state index >= 15 is 0 Å². The van der Waals surface area contributed by atoms with Crippen LogP contribution in [0.1, 0.15) is 41.5 Å². The second kappa shape index (κ2) is 8.03. The summed E-state index contributed by atoms with van der Waals surface area (Å²) in [6, 6.07) is 0. The molecule has 0 rings (SSSR count). The Bertz CT molecular complexity index is 205. The van der Waals surface area contributed by atoms with Crippen molar-refractivity contribution in [2.75, 3.05) is 0 Å². The summed E-state index contributed by atoms with van der Waals surface area (Å²) < 4.78 is 5.98. The molecule has 0 saturated heterocycles. The molecular formula is C11H22Cl3OP. The summed E-state index contributed by atoms with van der Waals surface area (Å²) in [5.41, 5.74) is 2.78. The van der Waals surface area contributed by atoms with Crippen molar-refractivity contribution in [3.8, 4) is 0 Å². The Morgan fingerprint density at radius 1 is 1.00 bits per heavy atom. The topological polar surface area (TPSA) is 9.23 Å². The molecule has 5 heteroatoms. The molecule has 0 saturated carbocycles. The second-order valence-corrected chi connectivity index (χ2v) is 9.95. The summed E-state index contributed by atoms with van der Waals surface area (Å²) in [5, 5.41) is 0.320. The summed E-state index contributed by atoms with van der Waals surface area (Å²) in [5.74, 6) is 0. The predicted molar refractivity (Wildman–Crippen MR) is 73.2 cm³/mol. The third kappa shape index (κ3) is 4.26. The van der Waals surface area contributed by atoms with Crippen LogP contribution in [0.4, 0.5) is 0 Å². The highest BCUT2D eigenvalue weighted by atomic mass is 35.5. The van der Waals surface area contributed by atoms with Crippen molar-refractivity contribution < 1.29 is 16.9 Å². The van der Waals surface area contributed by atoms with E-state index in [-0.39, 0.29) is 12.4 Å². The highest BCUT2D eigenvalue weighted by Crippen LogP contribution is 2.72. The van der Waals surface area contributed by atoms with Crippen LogP contribution in [0.25, 0.3) is 0 Å². The van der Waals surface area contributed by atoms with Crippen LogP contribution in [0.5, 0.6) is 0 Å². The maximum Gasteiger partial charge on any atom is 0.250 e. The van der Waals surface area contributed by atoms with Gasteiger partial charge < -0.3 is 16.9 Å². The molecule has 0 aromatic rings. The van der Waals surface area contributed by atoms with Crippen molar-refractivity contribution in [1.82, 2.24) is 0 Å². The predicted octanol–water partition coefficient (Wildman–Crippen LogP) is 2.44. The first-order chi connectivity index (χ1) is 6.78. The molecule has 1 nitrogen and oxygen atoms in total. The fourth-order valence-electron chi connectivity index (χ4n) is 2.28. The van der Waals surface area contributed by atoms with Gasteiger partial charge in [-0.3, -0.25) is 0 Å². The molecule has 0 aliphatic rings. The summed E-state index contributed by atoms with van der Waals surface area (Å²) in [6.45, 7) is 13.2. The lowest BCUT2D eigenvalue weighted by Gasteiger charge is -2.35. The largest absolute Gasteiger partial charge is 1.00 e. The Morgan fingerprint density at radius 2 is 1.31 bits per heavy atom. The van der Waals surface area contributed by atoms with E-state index in [1.165, 1.54) is 5.54 Å². The van der Waals surface area contributed by atoms with E-state index in [2.05, 4.69) is 41.5 Å². The van der Waals surface area contributed by atoms with E-state index < -0.39 is 7.49 Å². The van der Waals surface area contributed by atoms with E-state index in [1.54, 1.807) is 0 Å². The van der Waals surface area contributed by atoms with Crippen molar-refractivity contribution >= 4 is 30.7 Å². The molecule has 0 amide bonds. The van der Waals surface area contributed by atoms with Gasteiger partial charge in [-0.25, -0.2) is 0 Å². The molecule has 0 N–H and O–H groups in total. The van der Waals surface area contributed by atoms with Crippen LogP contribution in [0, 0.1) is 0 Å². The van der Waals surface area contributed by atoms with Gasteiger partial charge in [0, 0.05) is 0 Å². The van der Waals surface area contributed by atoms with Gasteiger partial charge in [0.2, 0.25) is 0 Å². The minimum absolute atomic E-state index is 0. The molecule has 0 aliphatic heterocycles. The van der Waals surface area contributed by atoms with Crippen molar-refractivity contribution in [3.05, 3.63) is 10.8 Å². The SMILES string of the molecule is CC(C)[P+](O/C(Cl)=C/Cl)(C(C)C)C(C)C.[Cl-]. The molecule has 0 spiro atoms. The van der Waals surface area contributed by atoms with Crippen molar-refractivity contribution in [2.24, 2.45) is 0 Å². The van der Waals surface area contributed by atoms with Crippen LogP contribution >= 0.6 is 30.7 Å². The van der Waals surface area contributed by atoms with Gasteiger partial charge in [-0.2, -0.15) is 0 Å². The number of hydrogen-bond donors (Lipinski definition) is 0. The lowest BCUT2D eigenvalue weighted by molar-refractivity contribution is -0.00000398. The van der Waals surface area contributed by atoms with Gasteiger partial charge in [-0.15, -0.1) is 0 Å². The smallest absolute Gasteiger partial charge is 0.250 e. The standard InChI is InChI=1S/C11H22Cl2OP.ClH/c1-8(2)15(9(3)4,10(5)6)14-11(13)7-12;/h7-10H,1-6H3;1H/q+1;/p-1/b11-7+;. The van der Waals surface area contributed by atoms with E-state index in [9.17, 15) is 0 Å². The molecule has 16 heavy (non-hydrogen) atoms. The van der Waals surface area contributed by atoms with Gasteiger partial charge in [0.15, 0.2) is 7.49 Å². The molecule has 0 unspecified atom stereocenters. The number of rotatable bonds is 5. The first-order valence-corrected chi connectivity index (χ1v) is 8.05. The Kier molecular flexibility index (Phi) is 9.63. The fourth-order valence-corrected chi connectivity index (χ4v) is 7.31. The van der Waals surface area contributed by atoms with Crippen LogP contribution in [0.15, 0.2) is 10.8 Å². The lowest BCUT2D eigenvalue weighted by atomic mass is 10.5. The van der Waals surface area contributed by atoms with E-state index in [0.717, 1.165) is 0 Å². The fraction of sp³-hybridized carbons (Fsp3) is 0.818. The summed E-state index contributed by atoms with van der Waals surface area (Å²) in [4.78, 5) is 0. The van der Waals surface area contributed by atoms with Gasteiger partial charge in [-0.1, -0.05) is 11.6 Å². The van der Waals surface area contributed by atoms with Gasteiger partial charge in [0.25, 0.3) is 5.22 Å². The average Bonchev–Trinajstić information content (AvgIpc) is 2.11. The highest BCUT2D eigenvalue weighted by molar-refractivity contribution is 7.73. The maximum atomic E-state index is 5.98. The minimum atomic E-state index is -1.57. The summed E-state index contributed by atoms with van der Waals surface area (Å²) >= 11 is 11.5. The van der Waals surface area contributed by atoms with Gasteiger partial charge >= 0.3 is 0 Å². The average molecular weight is 308 g/mol. The molecule has 0 atom stereocenters. The van der Waals surface area contributed by atoms with E-state index in [4.69, 9.17) is 27.7 Å². The van der Waals surface area contributed by atoms with Crippen molar-refractivity contribution in [3.63, 3.8) is 0 Å². The molecule has 98 valence electrons. The maximum absolute atomic E-state index is 5.98. The Balaban J connectivity index is 0. The van der Waals surface area contributed by atoms with Crippen LogP contribution in [0.3, 0.4) is 0 Å². The van der Waals surface area contributed by atoms with Crippen molar-refractivity contribution in [2.45, 2.75) is 58.5 Å². The first-order valence-electron chi connectivity index (χ1n) is 5.32. The molecule has 0 radical (unpaired) electrons. The third-order valence-corrected chi connectivity index (χ3v) is 8.71. The normalized spacial score (nSPS) is 13.3. The zero-order valence-corrected chi connectivity index (χ0v) is 14.0. The van der Waals surface area contributed by atoms with Crippen molar-refractivity contribution in [1.29, 1.82) is 0 Å². The second-order valence-electron chi connectivity index (χ2n) is 4.55. The molecule has 0 heterocycles. The van der Waals surface area contributed by atoms with Gasteiger partial charge in [0.05, 0.1) is 22.5 Å². The van der Waals surface area contributed by atoms with Gasteiger partial charge in [-0.05, 0) is 53.1 Å². The molecule has 0 aromatic carbocycles. The molecular weight excluding hydrogens is 285 g/mol. The molecule has 0 fully saturated rings. The minimum Gasteiger partial charge on any atom is -1.00 e. The van der Waals surface area contributed by atoms with Crippen LogP contribution in [-0.4, -0.2) is 17.0 Å². The third-order valence-electron chi connectivity index (χ3n) is 2.75. The van der Waals surface area contributed by atoms with Crippen LogP contribution in [-0.2, 0) is 4.52 Å². The zero-order chi connectivity index (χ0) is 12.2. The summed E-state index contributed by atoms with van der Waals surface area (Å²) in [6.07, 6.45) is 0. The van der Waals surface area contributed by atoms with Gasteiger partial charge in [0.1, 0.15) is 0 Å². The first kappa shape index (κ1) is 19.2. The number of hydrogen-bond acceptors (Lipinski definition) is 1. The zero-order valence-electron chi connectivity index (χ0n) is 10.8. The van der Waals surface area contributed by atoms with E-state index in [0.29, 0.717) is 22.2 Å². The monoisotopic (exact) mass is 306 g/mol. The van der Waals surface area contributed by atoms with Crippen LogP contribution < -0.4 is 12.4 Å². The Labute approximate surface area is 117 Å². The highest BCUT2D eigenvalue weighted by Gasteiger charge is 2.51. The lowest BCUT2D eigenvalue weighted by Crippen LogP contribution is -3.00. The Morgan fingerprint density at radius 3 is 1.50 bits per heavy atom.